The van der Waals surface area contributed by atoms with Gasteiger partial charge in [0.25, 0.3) is 0 Å². The number of nitrogens with zero attached hydrogens (tertiary/aromatic N) is 3. The normalized spacial score (nSPS) is 14.9. The Balaban J connectivity index is 2.07. The number of carbonyl (C=O) groups excluding carboxylic acids is 2. The van der Waals surface area contributed by atoms with Crippen LogP contribution in [0.15, 0.2) is 6.20 Å². The van der Waals surface area contributed by atoms with Crippen LogP contribution in [0.5, 0.6) is 0 Å². The van der Waals surface area contributed by atoms with Gasteiger partial charge in [0.15, 0.2) is 0 Å². The minimum atomic E-state index is -0.463. The van der Waals surface area contributed by atoms with Crippen LogP contribution in [0.4, 0.5) is 0 Å². The van der Waals surface area contributed by atoms with Crippen molar-refractivity contribution in [2.45, 2.75) is 59.7 Å². The van der Waals surface area contributed by atoms with E-state index in [9.17, 15) is 9.59 Å². The molecule has 6 heteroatoms. The summed E-state index contributed by atoms with van der Waals surface area (Å²) in [5.74, 6) is 1.09. The summed E-state index contributed by atoms with van der Waals surface area (Å²) < 4.78 is 0. The van der Waals surface area contributed by atoms with Crippen LogP contribution in [0, 0.1) is 5.92 Å². The van der Waals surface area contributed by atoms with Crippen molar-refractivity contribution >= 4 is 11.8 Å². The van der Waals surface area contributed by atoms with Crippen molar-refractivity contribution in [2.75, 3.05) is 0 Å². The lowest BCUT2D eigenvalue weighted by molar-refractivity contribution is -0.136. The number of rotatable bonds is 5. The summed E-state index contributed by atoms with van der Waals surface area (Å²) >= 11 is 0. The molecule has 1 aromatic rings. The van der Waals surface area contributed by atoms with Gasteiger partial charge in [-0.25, -0.2) is 9.97 Å². The van der Waals surface area contributed by atoms with Crippen LogP contribution in [0.25, 0.3) is 0 Å². The van der Waals surface area contributed by atoms with Crippen LogP contribution in [0.3, 0.4) is 0 Å². The first kappa shape index (κ1) is 16.4. The number of nitrogens with one attached hydrogen (secondary N) is 1. The fourth-order valence-electron chi connectivity index (χ4n) is 2.62. The second-order valence-electron chi connectivity index (χ2n) is 6.21. The summed E-state index contributed by atoms with van der Waals surface area (Å²) in [6.07, 6.45) is 3.24. The second-order valence-corrected chi connectivity index (χ2v) is 6.21. The van der Waals surface area contributed by atoms with Gasteiger partial charge < -0.3 is 10.2 Å². The Morgan fingerprint density at radius 2 is 2.09 bits per heavy atom. The van der Waals surface area contributed by atoms with E-state index in [1.807, 2.05) is 13.1 Å². The van der Waals surface area contributed by atoms with Gasteiger partial charge in [0.2, 0.25) is 11.8 Å². The van der Waals surface area contributed by atoms with Crippen molar-refractivity contribution in [3.8, 4) is 0 Å². The van der Waals surface area contributed by atoms with E-state index in [1.54, 1.807) is 4.90 Å². The fraction of sp³-hybridized carbons (Fsp3) is 0.625. The van der Waals surface area contributed by atoms with E-state index >= 15 is 0 Å². The highest BCUT2D eigenvalue weighted by molar-refractivity contribution is 5.87. The summed E-state index contributed by atoms with van der Waals surface area (Å²) in [6.45, 7) is 8.60. The zero-order valence-electron chi connectivity index (χ0n) is 13.7. The van der Waals surface area contributed by atoms with Gasteiger partial charge in [-0.05, 0) is 12.3 Å². The Kier molecular flexibility index (Phi) is 5.11. The molecule has 0 fully saturated rings. The van der Waals surface area contributed by atoms with Crippen molar-refractivity contribution in [1.82, 2.24) is 20.2 Å². The first-order chi connectivity index (χ1) is 10.4. The largest absolute Gasteiger partial charge is 0.345 e. The summed E-state index contributed by atoms with van der Waals surface area (Å²) in [4.78, 5) is 34.4. The number of amides is 2. The highest BCUT2D eigenvalue weighted by Gasteiger charge is 2.29. The zero-order valence-corrected chi connectivity index (χ0v) is 13.7. The molecule has 0 saturated heterocycles. The number of fused-ring (bicyclic) bond motifs is 1. The van der Waals surface area contributed by atoms with Crippen molar-refractivity contribution in [1.29, 1.82) is 0 Å². The molecular weight excluding hydrogens is 280 g/mol. The molecule has 1 aliphatic rings. The average molecular weight is 304 g/mol. The number of hydrogen-bond acceptors (Lipinski definition) is 4. The molecule has 0 bridgehead atoms. The van der Waals surface area contributed by atoms with Crippen molar-refractivity contribution in [3.05, 3.63) is 23.3 Å². The molecular formula is C16H24N4O2. The van der Waals surface area contributed by atoms with Gasteiger partial charge >= 0.3 is 0 Å². The third-order valence-corrected chi connectivity index (χ3v) is 3.69. The monoisotopic (exact) mass is 304 g/mol. The van der Waals surface area contributed by atoms with Crippen LogP contribution in [-0.4, -0.2) is 32.7 Å². The van der Waals surface area contributed by atoms with Gasteiger partial charge in [-0.15, -0.1) is 0 Å². The molecule has 6 nitrogen and oxygen atoms in total. The van der Waals surface area contributed by atoms with Gasteiger partial charge in [-0.1, -0.05) is 20.8 Å². The lowest BCUT2D eigenvalue weighted by Gasteiger charge is -2.22. The smallest absolute Gasteiger partial charge is 0.245 e. The predicted octanol–water partition coefficient (Wildman–Crippen LogP) is 1.43. The van der Waals surface area contributed by atoms with Crippen LogP contribution < -0.4 is 5.32 Å². The van der Waals surface area contributed by atoms with Crippen molar-refractivity contribution in [2.24, 2.45) is 5.92 Å². The summed E-state index contributed by atoms with van der Waals surface area (Å²) in [7, 11) is 0. The maximum absolute atomic E-state index is 12.5. The Hall–Kier alpha value is -1.98. The van der Waals surface area contributed by atoms with Gasteiger partial charge in [0.1, 0.15) is 11.9 Å². The standard InChI is InChI=1S/C16H24N4O2/c1-5-13(18-11(4)21)16(22)20-8-12-7-17-15(6-10(2)3)19-14(12)9-20/h7,10,13H,5-6,8-9H2,1-4H3,(H,18,21)/t13-/m1/s1. The van der Waals surface area contributed by atoms with Gasteiger partial charge in [-0.3, -0.25) is 9.59 Å². The lowest BCUT2D eigenvalue weighted by Crippen LogP contribution is -2.45. The molecule has 0 radical (unpaired) electrons. The van der Waals surface area contributed by atoms with E-state index in [2.05, 4.69) is 29.1 Å². The van der Waals surface area contributed by atoms with Crippen molar-refractivity contribution in [3.63, 3.8) is 0 Å². The van der Waals surface area contributed by atoms with Crippen LogP contribution in [0.2, 0.25) is 0 Å². The molecule has 2 rings (SSSR count). The van der Waals surface area contributed by atoms with E-state index in [0.717, 1.165) is 23.5 Å². The highest BCUT2D eigenvalue weighted by atomic mass is 16.2. The molecule has 2 amide bonds. The first-order valence-corrected chi connectivity index (χ1v) is 7.80. The Morgan fingerprint density at radius 1 is 1.36 bits per heavy atom. The van der Waals surface area contributed by atoms with Crippen LogP contribution in [-0.2, 0) is 29.1 Å². The third kappa shape index (κ3) is 3.81. The first-order valence-electron chi connectivity index (χ1n) is 7.80. The SMILES string of the molecule is CC[C@@H](NC(C)=O)C(=O)N1Cc2cnc(CC(C)C)nc2C1. The molecule has 1 aromatic heterocycles. The molecule has 0 spiro atoms. The third-order valence-electron chi connectivity index (χ3n) is 3.69. The molecule has 0 aliphatic carbocycles. The fourth-order valence-corrected chi connectivity index (χ4v) is 2.62. The molecule has 1 aliphatic heterocycles. The van der Waals surface area contributed by atoms with E-state index in [0.29, 0.717) is 25.4 Å². The zero-order chi connectivity index (χ0) is 16.3. The number of hydrogen-bond donors (Lipinski definition) is 1. The van der Waals surface area contributed by atoms with Gasteiger partial charge in [0, 0.05) is 31.6 Å². The highest BCUT2D eigenvalue weighted by Crippen LogP contribution is 2.22. The summed E-state index contributed by atoms with van der Waals surface area (Å²) in [5, 5.41) is 2.70. The van der Waals surface area contributed by atoms with Crippen molar-refractivity contribution < 1.29 is 9.59 Å². The molecule has 0 unspecified atom stereocenters. The van der Waals surface area contributed by atoms with E-state index < -0.39 is 6.04 Å². The maximum atomic E-state index is 12.5. The Bertz CT molecular complexity index is 571. The van der Waals surface area contributed by atoms with E-state index in [-0.39, 0.29) is 11.8 Å². The van der Waals surface area contributed by atoms with Gasteiger partial charge in [0.05, 0.1) is 12.2 Å². The lowest BCUT2D eigenvalue weighted by atomic mass is 10.1. The predicted molar refractivity (Wildman–Crippen MR) is 82.7 cm³/mol. The Labute approximate surface area is 131 Å². The molecule has 120 valence electrons. The maximum Gasteiger partial charge on any atom is 0.245 e. The second kappa shape index (κ2) is 6.85. The quantitative estimate of drug-likeness (QED) is 0.893. The minimum Gasteiger partial charge on any atom is -0.345 e. The van der Waals surface area contributed by atoms with Gasteiger partial charge in [-0.2, -0.15) is 0 Å². The molecule has 1 atom stereocenters. The number of carbonyl (C=O) groups is 2. The molecule has 1 N–H and O–H groups in total. The number of aromatic nitrogens is 2. The molecule has 22 heavy (non-hydrogen) atoms. The Morgan fingerprint density at radius 3 is 2.68 bits per heavy atom. The van der Waals surface area contributed by atoms with E-state index in [4.69, 9.17) is 0 Å². The van der Waals surface area contributed by atoms with Crippen LogP contribution >= 0.6 is 0 Å². The minimum absolute atomic E-state index is 0.0545. The summed E-state index contributed by atoms with van der Waals surface area (Å²) in [6, 6.07) is -0.463. The molecule has 0 aromatic carbocycles. The molecule has 0 saturated carbocycles. The molecule has 2 heterocycles. The summed E-state index contributed by atoms with van der Waals surface area (Å²) in [5.41, 5.74) is 1.93. The average Bonchev–Trinajstić information content (AvgIpc) is 2.86. The topological polar surface area (TPSA) is 75.2 Å². The van der Waals surface area contributed by atoms with E-state index in [1.165, 1.54) is 6.92 Å². The van der Waals surface area contributed by atoms with Crippen LogP contribution in [0.1, 0.15) is 51.2 Å².